The van der Waals surface area contributed by atoms with Crippen LogP contribution in [0.25, 0.3) is 11.6 Å². The largest absolute Gasteiger partial charge is 0.446 e. The molecule has 7 nitrogen and oxygen atoms in total. The zero-order valence-electron chi connectivity index (χ0n) is 12.5. The minimum Gasteiger partial charge on any atom is -0.446 e. The van der Waals surface area contributed by atoms with Crippen LogP contribution < -0.4 is 10.6 Å². The van der Waals surface area contributed by atoms with E-state index in [9.17, 15) is 0 Å². The first kappa shape index (κ1) is 13.9. The van der Waals surface area contributed by atoms with Gasteiger partial charge in [0.1, 0.15) is 6.26 Å². The maximum absolute atomic E-state index is 5.56. The van der Waals surface area contributed by atoms with Gasteiger partial charge in [-0.25, -0.2) is 4.98 Å². The Balaban J connectivity index is 1.51. The standard InChI is InChI=1S/C15H21N5O2/c1-2-5-10(16-7-3-1)13-19-15(22-20-13)12-9-21-14(18-12)11-6-4-8-17-11/h9-11,16-17H,1-8H2/t10?,11-/m0/s1. The van der Waals surface area contributed by atoms with Gasteiger partial charge in [0.15, 0.2) is 11.5 Å². The van der Waals surface area contributed by atoms with Crippen LogP contribution in [0.1, 0.15) is 62.3 Å². The van der Waals surface area contributed by atoms with E-state index in [-0.39, 0.29) is 12.1 Å². The van der Waals surface area contributed by atoms with Crippen LogP contribution in [0.5, 0.6) is 0 Å². The van der Waals surface area contributed by atoms with Crippen LogP contribution in [0.15, 0.2) is 15.2 Å². The fourth-order valence-electron chi connectivity index (χ4n) is 3.17. The molecule has 0 bridgehead atoms. The summed E-state index contributed by atoms with van der Waals surface area (Å²) in [6, 6.07) is 0.391. The zero-order chi connectivity index (χ0) is 14.8. The van der Waals surface area contributed by atoms with Crippen LogP contribution in [0, 0.1) is 0 Å². The molecular formula is C15H21N5O2. The average Bonchev–Trinajstić information content (AvgIpc) is 3.24. The van der Waals surface area contributed by atoms with E-state index in [0.717, 1.165) is 38.2 Å². The van der Waals surface area contributed by atoms with Crippen LogP contribution in [-0.4, -0.2) is 28.2 Å². The number of nitrogens with one attached hydrogen (secondary N) is 2. The molecule has 2 aromatic heterocycles. The number of hydrogen-bond acceptors (Lipinski definition) is 7. The molecule has 118 valence electrons. The molecular weight excluding hydrogens is 282 g/mol. The smallest absolute Gasteiger partial charge is 0.279 e. The lowest BCUT2D eigenvalue weighted by Gasteiger charge is -2.09. The van der Waals surface area contributed by atoms with Crippen LogP contribution >= 0.6 is 0 Å². The number of aromatic nitrogens is 3. The molecule has 22 heavy (non-hydrogen) atoms. The summed E-state index contributed by atoms with van der Waals surface area (Å²) in [4.78, 5) is 9.00. The molecule has 0 spiro atoms. The normalized spacial score (nSPS) is 26.2. The van der Waals surface area contributed by atoms with Gasteiger partial charge in [0.2, 0.25) is 5.89 Å². The van der Waals surface area contributed by atoms with Crippen molar-refractivity contribution in [3.63, 3.8) is 0 Å². The molecule has 0 aliphatic carbocycles. The summed E-state index contributed by atoms with van der Waals surface area (Å²) in [6.45, 7) is 2.02. The molecule has 2 N–H and O–H groups in total. The maximum Gasteiger partial charge on any atom is 0.279 e. The minimum atomic E-state index is 0.183. The summed E-state index contributed by atoms with van der Waals surface area (Å²) in [5.74, 6) is 1.87. The molecule has 2 saturated heterocycles. The van der Waals surface area contributed by atoms with Gasteiger partial charge in [0.05, 0.1) is 12.1 Å². The van der Waals surface area contributed by atoms with Crippen LogP contribution in [0.3, 0.4) is 0 Å². The highest BCUT2D eigenvalue weighted by Crippen LogP contribution is 2.27. The molecule has 2 atom stereocenters. The third-order valence-electron chi connectivity index (χ3n) is 4.41. The van der Waals surface area contributed by atoms with E-state index in [1.807, 2.05) is 0 Å². The number of oxazole rings is 1. The molecule has 4 rings (SSSR count). The molecule has 0 saturated carbocycles. The third-order valence-corrected chi connectivity index (χ3v) is 4.41. The molecule has 2 fully saturated rings. The first-order valence-electron chi connectivity index (χ1n) is 8.16. The van der Waals surface area contributed by atoms with E-state index < -0.39 is 0 Å². The first-order chi connectivity index (χ1) is 10.9. The van der Waals surface area contributed by atoms with Crippen molar-refractivity contribution in [2.24, 2.45) is 0 Å². The lowest BCUT2D eigenvalue weighted by molar-refractivity contribution is 0.401. The molecule has 0 amide bonds. The topological polar surface area (TPSA) is 89.0 Å². The highest BCUT2D eigenvalue weighted by atomic mass is 16.5. The average molecular weight is 303 g/mol. The summed E-state index contributed by atoms with van der Waals surface area (Å²) in [5, 5.41) is 11.0. The number of hydrogen-bond donors (Lipinski definition) is 2. The lowest BCUT2D eigenvalue weighted by Crippen LogP contribution is -2.21. The van der Waals surface area contributed by atoms with E-state index in [0.29, 0.717) is 17.5 Å². The van der Waals surface area contributed by atoms with Crippen molar-refractivity contribution in [3.05, 3.63) is 18.0 Å². The maximum atomic E-state index is 5.56. The van der Waals surface area contributed by atoms with Gasteiger partial charge in [-0.2, -0.15) is 4.98 Å². The van der Waals surface area contributed by atoms with Crippen molar-refractivity contribution in [3.8, 4) is 11.6 Å². The second-order valence-corrected chi connectivity index (χ2v) is 6.03. The molecule has 2 aliphatic heterocycles. The Morgan fingerprint density at radius 2 is 1.82 bits per heavy atom. The van der Waals surface area contributed by atoms with Gasteiger partial charge in [-0.3, -0.25) is 0 Å². The van der Waals surface area contributed by atoms with Gasteiger partial charge in [-0.1, -0.05) is 18.0 Å². The Kier molecular flexibility index (Phi) is 3.90. The number of nitrogens with zero attached hydrogens (tertiary/aromatic N) is 3. The molecule has 0 aromatic carbocycles. The van der Waals surface area contributed by atoms with Gasteiger partial charge < -0.3 is 19.6 Å². The van der Waals surface area contributed by atoms with E-state index in [2.05, 4.69) is 25.8 Å². The van der Waals surface area contributed by atoms with Gasteiger partial charge in [0.25, 0.3) is 5.89 Å². The quantitative estimate of drug-likeness (QED) is 0.899. The van der Waals surface area contributed by atoms with E-state index in [1.165, 1.54) is 19.3 Å². The van der Waals surface area contributed by atoms with Gasteiger partial charge in [0, 0.05) is 0 Å². The Labute approximate surface area is 128 Å². The Hall–Kier alpha value is -1.73. The van der Waals surface area contributed by atoms with Crippen molar-refractivity contribution in [1.29, 1.82) is 0 Å². The lowest BCUT2D eigenvalue weighted by atomic mass is 10.1. The van der Waals surface area contributed by atoms with Crippen molar-refractivity contribution in [2.45, 2.75) is 50.6 Å². The van der Waals surface area contributed by atoms with Gasteiger partial charge in [-0.15, -0.1) is 0 Å². The second-order valence-electron chi connectivity index (χ2n) is 6.03. The summed E-state index contributed by atoms with van der Waals surface area (Å²) < 4.78 is 10.9. The third kappa shape index (κ3) is 2.78. The predicted molar refractivity (Wildman–Crippen MR) is 79.0 cm³/mol. The zero-order valence-corrected chi connectivity index (χ0v) is 12.5. The predicted octanol–water partition coefficient (Wildman–Crippen LogP) is 2.35. The van der Waals surface area contributed by atoms with Gasteiger partial charge >= 0.3 is 0 Å². The minimum absolute atomic E-state index is 0.183. The molecule has 1 unspecified atom stereocenters. The number of rotatable bonds is 3. The Morgan fingerprint density at radius 3 is 2.73 bits per heavy atom. The summed E-state index contributed by atoms with van der Waals surface area (Å²) >= 11 is 0. The Morgan fingerprint density at radius 1 is 0.955 bits per heavy atom. The molecule has 0 radical (unpaired) electrons. The van der Waals surface area contributed by atoms with Crippen LogP contribution in [-0.2, 0) is 0 Å². The second kappa shape index (κ2) is 6.18. The first-order valence-corrected chi connectivity index (χ1v) is 8.16. The molecule has 4 heterocycles. The fourth-order valence-corrected chi connectivity index (χ4v) is 3.17. The monoisotopic (exact) mass is 303 g/mol. The summed E-state index contributed by atoms with van der Waals surface area (Å²) in [6.07, 6.45) is 8.53. The van der Waals surface area contributed by atoms with E-state index in [4.69, 9.17) is 8.94 Å². The summed E-state index contributed by atoms with van der Waals surface area (Å²) in [5.41, 5.74) is 0.621. The SMILES string of the molecule is c1oc([C@@H]2CCCN2)nc1-c1nc(C2CCCCCN2)no1. The van der Waals surface area contributed by atoms with Crippen LogP contribution in [0.4, 0.5) is 0 Å². The highest BCUT2D eigenvalue weighted by molar-refractivity contribution is 5.44. The van der Waals surface area contributed by atoms with E-state index in [1.54, 1.807) is 6.26 Å². The van der Waals surface area contributed by atoms with Crippen molar-refractivity contribution in [1.82, 2.24) is 25.8 Å². The highest BCUT2D eigenvalue weighted by Gasteiger charge is 2.24. The fraction of sp³-hybridized carbons (Fsp3) is 0.667. The molecule has 7 heteroatoms. The van der Waals surface area contributed by atoms with Crippen LogP contribution in [0.2, 0.25) is 0 Å². The van der Waals surface area contributed by atoms with E-state index >= 15 is 0 Å². The van der Waals surface area contributed by atoms with Gasteiger partial charge in [-0.05, 0) is 38.8 Å². The van der Waals surface area contributed by atoms with Crippen molar-refractivity contribution < 1.29 is 8.94 Å². The molecule has 2 aliphatic rings. The summed E-state index contributed by atoms with van der Waals surface area (Å²) in [7, 11) is 0. The Bertz CT molecular complexity index is 609. The van der Waals surface area contributed by atoms with Crippen molar-refractivity contribution >= 4 is 0 Å². The molecule has 2 aromatic rings. The van der Waals surface area contributed by atoms with Crippen molar-refractivity contribution in [2.75, 3.05) is 13.1 Å².